The third-order valence-electron chi connectivity index (χ3n) is 2.35. The van der Waals surface area contributed by atoms with E-state index in [4.69, 9.17) is 0 Å². The van der Waals surface area contributed by atoms with Gasteiger partial charge in [0.15, 0.2) is 0 Å². The van der Waals surface area contributed by atoms with Crippen molar-refractivity contribution in [1.82, 2.24) is 5.32 Å². The standard InChI is InChI=1S/C12H16FNO/c1-9-7-11(13)4-3-10(9)8-12(15)5-6-14-2/h3-4,7,14H,5-6,8H2,1-2H3. The van der Waals surface area contributed by atoms with Crippen LogP contribution in [0.3, 0.4) is 0 Å². The summed E-state index contributed by atoms with van der Waals surface area (Å²) >= 11 is 0. The predicted octanol–water partition coefficient (Wildman–Crippen LogP) is 1.86. The van der Waals surface area contributed by atoms with Gasteiger partial charge in [-0.15, -0.1) is 0 Å². The Bertz CT molecular complexity index is 349. The van der Waals surface area contributed by atoms with Crippen molar-refractivity contribution in [2.24, 2.45) is 0 Å². The number of halogens is 1. The Morgan fingerprint density at radius 1 is 1.47 bits per heavy atom. The van der Waals surface area contributed by atoms with E-state index in [-0.39, 0.29) is 11.6 Å². The molecule has 1 N–H and O–H groups in total. The lowest BCUT2D eigenvalue weighted by Crippen LogP contribution is -2.14. The van der Waals surface area contributed by atoms with Gasteiger partial charge in [0.2, 0.25) is 0 Å². The highest BCUT2D eigenvalue weighted by Crippen LogP contribution is 2.11. The molecule has 15 heavy (non-hydrogen) atoms. The zero-order valence-corrected chi connectivity index (χ0v) is 9.14. The average molecular weight is 209 g/mol. The van der Waals surface area contributed by atoms with Crippen LogP contribution in [0, 0.1) is 12.7 Å². The second-order valence-electron chi connectivity index (χ2n) is 3.64. The van der Waals surface area contributed by atoms with Crippen molar-refractivity contribution in [3.8, 4) is 0 Å². The molecule has 2 nitrogen and oxygen atoms in total. The summed E-state index contributed by atoms with van der Waals surface area (Å²) in [6, 6.07) is 4.54. The van der Waals surface area contributed by atoms with E-state index in [1.807, 2.05) is 14.0 Å². The van der Waals surface area contributed by atoms with Crippen LogP contribution in [-0.4, -0.2) is 19.4 Å². The molecule has 0 saturated carbocycles. The summed E-state index contributed by atoms with van der Waals surface area (Å²) in [6.45, 7) is 2.52. The molecule has 0 fully saturated rings. The van der Waals surface area contributed by atoms with Crippen molar-refractivity contribution in [3.63, 3.8) is 0 Å². The zero-order chi connectivity index (χ0) is 11.3. The molecular formula is C12H16FNO. The smallest absolute Gasteiger partial charge is 0.138 e. The number of hydrogen-bond donors (Lipinski definition) is 1. The van der Waals surface area contributed by atoms with E-state index in [0.29, 0.717) is 19.4 Å². The van der Waals surface area contributed by atoms with E-state index >= 15 is 0 Å². The molecule has 0 aliphatic heterocycles. The molecule has 0 radical (unpaired) electrons. The topological polar surface area (TPSA) is 29.1 Å². The van der Waals surface area contributed by atoms with Crippen molar-refractivity contribution < 1.29 is 9.18 Å². The second kappa shape index (κ2) is 5.61. The van der Waals surface area contributed by atoms with Gasteiger partial charge in [0.1, 0.15) is 11.6 Å². The maximum atomic E-state index is 12.8. The van der Waals surface area contributed by atoms with E-state index in [1.54, 1.807) is 6.07 Å². The molecule has 0 bridgehead atoms. The minimum Gasteiger partial charge on any atom is -0.319 e. The van der Waals surface area contributed by atoms with Crippen molar-refractivity contribution in [3.05, 3.63) is 35.1 Å². The lowest BCUT2D eigenvalue weighted by molar-refractivity contribution is -0.118. The first-order valence-corrected chi connectivity index (χ1v) is 5.05. The van der Waals surface area contributed by atoms with Gasteiger partial charge in [0.25, 0.3) is 0 Å². The van der Waals surface area contributed by atoms with Crippen LogP contribution in [0.1, 0.15) is 17.5 Å². The van der Waals surface area contributed by atoms with Gasteiger partial charge in [-0.1, -0.05) is 6.07 Å². The largest absolute Gasteiger partial charge is 0.319 e. The molecule has 0 saturated heterocycles. The van der Waals surface area contributed by atoms with Crippen LogP contribution in [0.2, 0.25) is 0 Å². The minimum absolute atomic E-state index is 0.180. The van der Waals surface area contributed by atoms with Crippen molar-refractivity contribution >= 4 is 5.78 Å². The summed E-state index contributed by atoms with van der Waals surface area (Å²) in [5.41, 5.74) is 1.75. The van der Waals surface area contributed by atoms with Crippen LogP contribution in [0.5, 0.6) is 0 Å². The molecule has 1 aromatic rings. The third-order valence-corrected chi connectivity index (χ3v) is 2.35. The number of ketones is 1. The maximum Gasteiger partial charge on any atom is 0.138 e. The monoisotopic (exact) mass is 209 g/mol. The molecule has 82 valence electrons. The van der Waals surface area contributed by atoms with Crippen LogP contribution in [0.25, 0.3) is 0 Å². The summed E-state index contributed by atoms with van der Waals surface area (Å²) in [7, 11) is 1.82. The van der Waals surface area contributed by atoms with Gasteiger partial charge in [-0.05, 0) is 37.2 Å². The van der Waals surface area contributed by atoms with E-state index in [0.717, 1.165) is 11.1 Å². The average Bonchev–Trinajstić information content (AvgIpc) is 2.19. The van der Waals surface area contributed by atoms with E-state index in [1.165, 1.54) is 12.1 Å². The van der Waals surface area contributed by atoms with Crippen LogP contribution in [0.15, 0.2) is 18.2 Å². The number of aryl methyl sites for hydroxylation is 1. The van der Waals surface area contributed by atoms with Crippen molar-refractivity contribution in [2.45, 2.75) is 19.8 Å². The summed E-state index contributed by atoms with van der Waals surface area (Å²) < 4.78 is 12.8. The van der Waals surface area contributed by atoms with Crippen molar-refractivity contribution in [1.29, 1.82) is 0 Å². The van der Waals surface area contributed by atoms with Crippen molar-refractivity contribution in [2.75, 3.05) is 13.6 Å². The molecule has 0 atom stereocenters. The van der Waals surface area contributed by atoms with E-state index in [9.17, 15) is 9.18 Å². The van der Waals surface area contributed by atoms with Crippen LogP contribution < -0.4 is 5.32 Å². The molecule has 1 rings (SSSR count). The first-order chi connectivity index (χ1) is 7.13. The Balaban J connectivity index is 2.60. The molecule has 1 aromatic carbocycles. The fourth-order valence-electron chi connectivity index (χ4n) is 1.42. The first kappa shape index (κ1) is 11.9. The SMILES string of the molecule is CNCCC(=O)Cc1ccc(F)cc1C. The molecule has 0 aromatic heterocycles. The highest BCUT2D eigenvalue weighted by molar-refractivity contribution is 5.81. The third kappa shape index (κ3) is 3.80. The van der Waals surface area contributed by atoms with Gasteiger partial charge < -0.3 is 5.32 Å². The Morgan fingerprint density at radius 3 is 2.80 bits per heavy atom. The number of rotatable bonds is 5. The molecule has 3 heteroatoms. The van der Waals surface area contributed by atoms with Crippen LogP contribution in [0.4, 0.5) is 4.39 Å². The van der Waals surface area contributed by atoms with Gasteiger partial charge >= 0.3 is 0 Å². The molecule has 0 aliphatic rings. The fourth-order valence-corrected chi connectivity index (χ4v) is 1.42. The fraction of sp³-hybridized carbons (Fsp3) is 0.417. The molecule has 0 heterocycles. The zero-order valence-electron chi connectivity index (χ0n) is 9.14. The highest BCUT2D eigenvalue weighted by Gasteiger charge is 2.06. The molecule has 0 amide bonds. The lowest BCUT2D eigenvalue weighted by atomic mass is 10.0. The van der Waals surface area contributed by atoms with E-state index < -0.39 is 0 Å². The Kier molecular flexibility index (Phi) is 4.43. The van der Waals surface area contributed by atoms with Gasteiger partial charge in [0, 0.05) is 19.4 Å². The molecule has 0 spiro atoms. The number of carbonyl (C=O) groups excluding carboxylic acids is 1. The van der Waals surface area contributed by atoms with E-state index in [2.05, 4.69) is 5.32 Å². The Labute approximate surface area is 89.5 Å². The summed E-state index contributed by atoms with van der Waals surface area (Å²) in [5, 5.41) is 2.93. The highest BCUT2D eigenvalue weighted by atomic mass is 19.1. The predicted molar refractivity (Wildman–Crippen MR) is 58.4 cm³/mol. The maximum absolute atomic E-state index is 12.8. The molecular weight excluding hydrogens is 193 g/mol. The van der Waals surface area contributed by atoms with Crippen LogP contribution >= 0.6 is 0 Å². The second-order valence-corrected chi connectivity index (χ2v) is 3.64. The summed E-state index contributed by atoms with van der Waals surface area (Å²) in [4.78, 5) is 11.5. The quantitative estimate of drug-likeness (QED) is 0.802. The number of Topliss-reactive ketones (excluding diaryl/α,β-unsaturated/α-hetero) is 1. The summed E-state index contributed by atoms with van der Waals surface area (Å²) in [5.74, 6) is -0.0713. The van der Waals surface area contributed by atoms with Gasteiger partial charge in [-0.3, -0.25) is 4.79 Å². The van der Waals surface area contributed by atoms with Gasteiger partial charge in [-0.2, -0.15) is 0 Å². The molecule has 0 unspecified atom stereocenters. The Morgan fingerprint density at radius 2 is 2.20 bits per heavy atom. The number of carbonyl (C=O) groups is 1. The normalized spacial score (nSPS) is 10.3. The number of benzene rings is 1. The van der Waals surface area contributed by atoms with Crippen LogP contribution in [-0.2, 0) is 11.2 Å². The minimum atomic E-state index is -0.251. The van der Waals surface area contributed by atoms with Gasteiger partial charge in [0.05, 0.1) is 0 Å². The molecule has 0 aliphatic carbocycles. The lowest BCUT2D eigenvalue weighted by Gasteiger charge is -2.05. The Hall–Kier alpha value is -1.22. The number of hydrogen-bond acceptors (Lipinski definition) is 2. The summed E-state index contributed by atoms with van der Waals surface area (Å²) in [6.07, 6.45) is 0.918. The first-order valence-electron chi connectivity index (χ1n) is 5.05. The van der Waals surface area contributed by atoms with Gasteiger partial charge in [-0.25, -0.2) is 4.39 Å². The number of nitrogens with one attached hydrogen (secondary N) is 1.